The highest BCUT2D eigenvalue weighted by atomic mass is 16.2. The molecule has 0 saturated heterocycles. The molecule has 3 heteroatoms. The van der Waals surface area contributed by atoms with Crippen molar-refractivity contribution < 1.29 is 4.79 Å². The molecule has 15 heavy (non-hydrogen) atoms. The lowest BCUT2D eigenvalue weighted by molar-refractivity contribution is -0.130. The molecule has 78 valence electrons. The minimum atomic E-state index is -0.0997. The Morgan fingerprint density at radius 1 is 1.40 bits per heavy atom. The van der Waals surface area contributed by atoms with E-state index in [0.29, 0.717) is 6.42 Å². The van der Waals surface area contributed by atoms with Gasteiger partial charge in [0, 0.05) is 12.0 Å². The summed E-state index contributed by atoms with van der Waals surface area (Å²) in [5, 5.41) is 1.13. The topological polar surface area (TPSA) is 46.3 Å². The van der Waals surface area contributed by atoms with E-state index in [1.807, 2.05) is 30.3 Å². The van der Waals surface area contributed by atoms with Crippen LogP contribution in [0.15, 0.2) is 30.3 Å². The number of amides is 1. The quantitative estimate of drug-likeness (QED) is 0.338. The molecule has 2 N–H and O–H groups in total. The zero-order valence-corrected chi connectivity index (χ0v) is 8.73. The number of nitrogens with zero attached hydrogens (tertiary/aromatic N) is 1. The number of rotatable bonds is 2. The second-order valence-electron chi connectivity index (χ2n) is 3.04. The highest BCUT2D eigenvalue weighted by Gasteiger charge is 2.02. The Morgan fingerprint density at radius 2 is 2.07 bits per heavy atom. The number of benzene rings is 1. The van der Waals surface area contributed by atoms with Gasteiger partial charge in [0.15, 0.2) is 0 Å². The van der Waals surface area contributed by atoms with Crippen molar-refractivity contribution in [1.29, 1.82) is 0 Å². The number of hydrogen-bond donors (Lipinski definition) is 1. The maximum absolute atomic E-state index is 11.1. The van der Waals surface area contributed by atoms with Gasteiger partial charge in [-0.3, -0.25) is 9.80 Å². The predicted molar refractivity (Wildman–Crippen MR) is 59.5 cm³/mol. The first-order chi connectivity index (χ1) is 7.24. The SMILES string of the molecule is CCC(=O)N(N)CC#Cc1ccccc1. The molecule has 0 aliphatic rings. The first-order valence-electron chi connectivity index (χ1n) is 4.83. The number of nitrogens with two attached hydrogens (primary N) is 1. The van der Waals surface area contributed by atoms with Crippen LogP contribution >= 0.6 is 0 Å². The summed E-state index contributed by atoms with van der Waals surface area (Å²) in [6.07, 6.45) is 0.406. The molecule has 1 aromatic rings. The van der Waals surface area contributed by atoms with Crippen molar-refractivity contribution in [3.8, 4) is 11.8 Å². The zero-order valence-electron chi connectivity index (χ0n) is 8.73. The van der Waals surface area contributed by atoms with Crippen LogP contribution in [-0.4, -0.2) is 17.5 Å². The normalized spacial score (nSPS) is 8.93. The summed E-state index contributed by atoms with van der Waals surface area (Å²) in [7, 11) is 0. The van der Waals surface area contributed by atoms with Crippen molar-refractivity contribution in [2.45, 2.75) is 13.3 Å². The lowest BCUT2D eigenvalue weighted by Crippen LogP contribution is -2.37. The van der Waals surface area contributed by atoms with Crippen molar-refractivity contribution in [3.05, 3.63) is 35.9 Å². The Bertz CT molecular complexity index is 376. The van der Waals surface area contributed by atoms with Gasteiger partial charge in [0.25, 0.3) is 0 Å². The van der Waals surface area contributed by atoms with Crippen LogP contribution in [0.25, 0.3) is 0 Å². The van der Waals surface area contributed by atoms with Gasteiger partial charge in [-0.05, 0) is 12.1 Å². The van der Waals surface area contributed by atoms with Crippen molar-refractivity contribution in [2.24, 2.45) is 5.84 Å². The molecule has 1 aromatic carbocycles. The molecule has 0 aliphatic carbocycles. The van der Waals surface area contributed by atoms with E-state index in [2.05, 4.69) is 11.8 Å². The van der Waals surface area contributed by atoms with E-state index < -0.39 is 0 Å². The first kappa shape index (κ1) is 11.3. The van der Waals surface area contributed by atoms with Crippen molar-refractivity contribution in [1.82, 2.24) is 5.01 Å². The summed E-state index contributed by atoms with van der Waals surface area (Å²) in [6.45, 7) is 2.04. The number of hydrogen-bond acceptors (Lipinski definition) is 2. The molecule has 0 aliphatic heterocycles. The molecule has 0 unspecified atom stereocenters. The average molecular weight is 202 g/mol. The van der Waals surface area contributed by atoms with E-state index in [-0.39, 0.29) is 12.5 Å². The fraction of sp³-hybridized carbons (Fsp3) is 0.250. The van der Waals surface area contributed by atoms with E-state index in [1.165, 1.54) is 0 Å². The maximum atomic E-state index is 11.1. The molecule has 0 radical (unpaired) electrons. The van der Waals surface area contributed by atoms with Gasteiger partial charge in [-0.1, -0.05) is 37.0 Å². The Kier molecular flexibility index (Phi) is 4.39. The minimum Gasteiger partial charge on any atom is -0.273 e. The van der Waals surface area contributed by atoms with Crippen LogP contribution in [0.2, 0.25) is 0 Å². The standard InChI is InChI=1S/C12H14N2O/c1-2-12(15)14(13)10-6-9-11-7-4-3-5-8-11/h3-5,7-8H,2,10,13H2,1H3. The molecule has 0 saturated carbocycles. The van der Waals surface area contributed by atoms with Gasteiger partial charge in [0.2, 0.25) is 5.91 Å². The van der Waals surface area contributed by atoms with Gasteiger partial charge < -0.3 is 0 Å². The minimum absolute atomic E-state index is 0.0997. The van der Waals surface area contributed by atoms with Crippen LogP contribution in [0, 0.1) is 11.8 Å². The molecule has 0 aromatic heterocycles. The summed E-state index contributed by atoms with van der Waals surface area (Å²) in [6, 6.07) is 9.59. The fourth-order valence-corrected chi connectivity index (χ4v) is 1.04. The third-order valence-electron chi connectivity index (χ3n) is 1.88. The van der Waals surface area contributed by atoms with E-state index in [9.17, 15) is 4.79 Å². The van der Waals surface area contributed by atoms with Crippen LogP contribution in [-0.2, 0) is 4.79 Å². The van der Waals surface area contributed by atoms with Crippen molar-refractivity contribution in [2.75, 3.05) is 6.54 Å². The highest BCUT2D eigenvalue weighted by Crippen LogP contribution is 1.94. The van der Waals surface area contributed by atoms with Crippen molar-refractivity contribution in [3.63, 3.8) is 0 Å². The fourth-order valence-electron chi connectivity index (χ4n) is 1.04. The Labute approximate surface area is 89.9 Å². The second kappa shape index (κ2) is 5.84. The zero-order chi connectivity index (χ0) is 11.1. The van der Waals surface area contributed by atoms with Gasteiger partial charge in [0.1, 0.15) is 0 Å². The second-order valence-corrected chi connectivity index (χ2v) is 3.04. The number of carbonyl (C=O) groups is 1. The van der Waals surface area contributed by atoms with Crippen molar-refractivity contribution >= 4 is 5.91 Å². The third-order valence-corrected chi connectivity index (χ3v) is 1.88. The smallest absolute Gasteiger partial charge is 0.237 e. The van der Waals surface area contributed by atoms with Gasteiger partial charge >= 0.3 is 0 Å². The Morgan fingerprint density at radius 3 is 2.67 bits per heavy atom. The monoisotopic (exact) mass is 202 g/mol. The predicted octanol–water partition coefficient (Wildman–Crippen LogP) is 1.15. The molecule has 0 fully saturated rings. The molecule has 1 amide bonds. The van der Waals surface area contributed by atoms with Gasteiger partial charge in [0.05, 0.1) is 6.54 Å². The summed E-state index contributed by atoms with van der Waals surface area (Å²) < 4.78 is 0. The molecule has 0 spiro atoms. The van der Waals surface area contributed by atoms with Crippen LogP contribution in [0.1, 0.15) is 18.9 Å². The summed E-state index contributed by atoms with van der Waals surface area (Å²) in [5.74, 6) is 11.2. The van der Waals surface area contributed by atoms with E-state index in [0.717, 1.165) is 10.6 Å². The third kappa shape index (κ3) is 3.84. The van der Waals surface area contributed by atoms with E-state index >= 15 is 0 Å². The lowest BCUT2D eigenvalue weighted by atomic mass is 10.2. The van der Waals surface area contributed by atoms with E-state index in [1.54, 1.807) is 6.92 Å². The summed E-state index contributed by atoms with van der Waals surface area (Å²) >= 11 is 0. The molecular weight excluding hydrogens is 188 g/mol. The number of carbonyl (C=O) groups excluding carboxylic acids is 1. The first-order valence-corrected chi connectivity index (χ1v) is 4.83. The highest BCUT2D eigenvalue weighted by molar-refractivity contribution is 5.75. The molecule has 0 bridgehead atoms. The lowest BCUT2D eigenvalue weighted by Gasteiger charge is -2.10. The maximum Gasteiger partial charge on any atom is 0.237 e. The van der Waals surface area contributed by atoms with Gasteiger partial charge in [-0.2, -0.15) is 0 Å². The summed E-state index contributed by atoms with van der Waals surface area (Å²) in [4.78, 5) is 11.1. The van der Waals surface area contributed by atoms with Crippen LogP contribution in [0.3, 0.4) is 0 Å². The van der Waals surface area contributed by atoms with Crippen LogP contribution < -0.4 is 5.84 Å². The summed E-state index contributed by atoms with van der Waals surface area (Å²) in [5.41, 5.74) is 0.926. The molecule has 3 nitrogen and oxygen atoms in total. The van der Waals surface area contributed by atoms with Gasteiger partial charge in [-0.25, -0.2) is 5.84 Å². The average Bonchev–Trinajstić information content (AvgIpc) is 2.29. The number of hydrazine groups is 1. The van der Waals surface area contributed by atoms with E-state index in [4.69, 9.17) is 5.84 Å². The molecule has 0 atom stereocenters. The van der Waals surface area contributed by atoms with Gasteiger partial charge in [-0.15, -0.1) is 0 Å². The molecule has 1 rings (SSSR count). The Balaban J connectivity index is 2.50. The van der Waals surface area contributed by atoms with Crippen LogP contribution in [0.5, 0.6) is 0 Å². The molecule has 0 heterocycles. The van der Waals surface area contributed by atoms with Crippen LogP contribution in [0.4, 0.5) is 0 Å². The Hall–Kier alpha value is -1.79. The largest absolute Gasteiger partial charge is 0.273 e. The molecular formula is C12H14N2O.